The van der Waals surface area contributed by atoms with E-state index in [0.717, 1.165) is 47.2 Å². The summed E-state index contributed by atoms with van der Waals surface area (Å²) in [6.07, 6.45) is 8.44. The fraction of sp³-hybridized carbons (Fsp3) is 0.222. The first-order chi connectivity index (χ1) is 17.1. The molecule has 4 aromatic rings. The zero-order valence-electron chi connectivity index (χ0n) is 19.6. The van der Waals surface area contributed by atoms with Gasteiger partial charge in [-0.05, 0) is 73.0 Å². The van der Waals surface area contributed by atoms with E-state index in [1.54, 1.807) is 29.4 Å². The molecule has 0 aliphatic carbocycles. The minimum atomic E-state index is -0.124. The summed E-state index contributed by atoms with van der Waals surface area (Å²) in [5.74, 6) is 0.943. The number of nitrogens with zero attached hydrogens (tertiary/aromatic N) is 5. The summed E-state index contributed by atoms with van der Waals surface area (Å²) in [4.78, 5) is 33.1. The molecule has 1 aliphatic rings. The number of rotatable bonds is 6. The lowest BCUT2D eigenvalue weighted by atomic mass is 10.0. The quantitative estimate of drug-likeness (QED) is 0.448. The molecule has 8 nitrogen and oxygen atoms in total. The molecule has 3 N–H and O–H groups in total. The maximum Gasteiger partial charge on any atom is 0.254 e. The van der Waals surface area contributed by atoms with Crippen molar-refractivity contribution in [2.24, 2.45) is 0 Å². The van der Waals surface area contributed by atoms with Gasteiger partial charge in [0.05, 0.1) is 24.3 Å². The number of hydrogen-bond acceptors (Lipinski definition) is 7. The highest BCUT2D eigenvalue weighted by atomic mass is 16.2. The van der Waals surface area contributed by atoms with Crippen molar-refractivity contribution < 1.29 is 4.79 Å². The molecule has 1 aliphatic heterocycles. The van der Waals surface area contributed by atoms with Gasteiger partial charge in [0.15, 0.2) is 0 Å². The standard InChI is InChI=1S/C27H27N7O/c1-18-13-22-14-20(4-6-24(22)33-26(18)28)27(35)34(17-25-30-9-2-10-31-25)16-23-5-3-21(15-32-23)19-7-11-29-12-8-19/h2-7,9-10,13-15,29H,8,11-12,16-17H2,1H3,(H2,28,33). The van der Waals surface area contributed by atoms with E-state index < -0.39 is 0 Å². The number of carbonyl (C=O) groups excluding carboxylic acids is 1. The van der Waals surface area contributed by atoms with Gasteiger partial charge in [-0.3, -0.25) is 9.78 Å². The zero-order chi connectivity index (χ0) is 24.2. The molecule has 35 heavy (non-hydrogen) atoms. The van der Waals surface area contributed by atoms with E-state index in [1.807, 2.05) is 37.4 Å². The van der Waals surface area contributed by atoms with Crippen LogP contribution in [0.4, 0.5) is 5.82 Å². The number of nitrogens with two attached hydrogens (primary N) is 1. The number of aromatic nitrogens is 4. The number of fused-ring (bicyclic) bond motifs is 1. The zero-order valence-corrected chi connectivity index (χ0v) is 19.6. The minimum Gasteiger partial charge on any atom is -0.383 e. The van der Waals surface area contributed by atoms with E-state index in [2.05, 4.69) is 37.4 Å². The fourth-order valence-corrected chi connectivity index (χ4v) is 4.18. The molecule has 0 bridgehead atoms. The third-order valence-electron chi connectivity index (χ3n) is 6.14. The third kappa shape index (κ3) is 5.17. The number of nitrogens with one attached hydrogen (secondary N) is 1. The van der Waals surface area contributed by atoms with Crippen LogP contribution in [-0.2, 0) is 13.1 Å². The van der Waals surface area contributed by atoms with Crippen molar-refractivity contribution >= 4 is 28.2 Å². The van der Waals surface area contributed by atoms with Gasteiger partial charge in [-0.1, -0.05) is 12.1 Å². The van der Waals surface area contributed by atoms with Crippen LogP contribution in [0.3, 0.4) is 0 Å². The topological polar surface area (TPSA) is 110 Å². The molecule has 1 amide bonds. The number of aryl methyl sites for hydroxylation is 1. The minimum absolute atomic E-state index is 0.124. The van der Waals surface area contributed by atoms with Crippen LogP contribution >= 0.6 is 0 Å². The van der Waals surface area contributed by atoms with E-state index in [1.165, 1.54) is 5.57 Å². The molecule has 0 fully saturated rings. The van der Waals surface area contributed by atoms with Gasteiger partial charge >= 0.3 is 0 Å². The summed E-state index contributed by atoms with van der Waals surface area (Å²) in [5.41, 5.74) is 11.4. The molecule has 3 aromatic heterocycles. The molecule has 0 saturated carbocycles. The lowest BCUT2D eigenvalue weighted by Crippen LogP contribution is -2.31. The molecule has 4 heterocycles. The van der Waals surface area contributed by atoms with Gasteiger partial charge in [-0.25, -0.2) is 15.0 Å². The molecular weight excluding hydrogens is 438 g/mol. The van der Waals surface area contributed by atoms with Crippen molar-refractivity contribution in [1.82, 2.24) is 30.2 Å². The number of amides is 1. The Kier molecular flexibility index (Phi) is 6.45. The summed E-state index contributed by atoms with van der Waals surface area (Å²) in [6, 6.07) is 13.2. The molecular formula is C27H27N7O. The maximum atomic E-state index is 13.6. The van der Waals surface area contributed by atoms with Crippen molar-refractivity contribution in [1.29, 1.82) is 0 Å². The highest BCUT2D eigenvalue weighted by Crippen LogP contribution is 2.22. The number of carbonyl (C=O) groups is 1. The monoisotopic (exact) mass is 465 g/mol. The smallest absolute Gasteiger partial charge is 0.254 e. The normalized spacial score (nSPS) is 13.5. The van der Waals surface area contributed by atoms with Crippen LogP contribution in [-0.4, -0.2) is 43.8 Å². The van der Waals surface area contributed by atoms with Crippen molar-refractivity contribution in [2.75, 3.05) is 18.8 Å². The van der Waals surface area contributed by atoms with Crippen molar-refractivity contribution in [2.45, 2.75) is 26.4 Å². The second-order valence-corrected chi connectivity index (χ2v) is 8.65. The summed E-state index contributed by atoms with van der Waals surface area (Å²) >= 11 is 0. The SMILES string of the molecule is Cc1cc2cc(C(=O)N(Cc3ccc(C4=CCNCC4)cn3)Cc3ncccn3)ccc2nc1N. The fourth-order valence-electron chi connectivity index (χ4n) is 4.18. The van der Waals surface area contributed by atoms with E-state index in [0.29, 0.717) is 23.8 Å². The van der Waals surface area contributed by atoms with Gasteiger partial charge in [0.1, 0.15) is 11.6 Å². The lowest BCUT2D eigenvalue weighted by Gasteiger charge is -2.22. The molecule has 0 spiro atoms. The Labute approximate surface area is 204 Å². The molecule has 176 valence electrons. The predicted molar refractivity (Wildman–Crippen MR) is 136 cm³/mol. The Bertz CT molecular complexity index is 1380. The molecule has 0 atom stereocenters. The summed E-state index contributed by atoms with van der Waals surface area (Å²) in [7, 11) is 0. The van der Waals surface area contributed by atoms with Gasteiger partial charge in [0, 0.05) is 36.1 Å². The molecule has 0 radical (unpaired) electrons. The molecule has 1 aromatic carbocycles. The van der Waals surface area contributed by atoms with Gasteiger partial charge in [-0.2, -0.15) is 0 Å². The van der Waals surface area contributed by atoms with Crippen LogP contribution in [0.5, 0.6) is 0 Å². The summed E-state index contributed by atoms with van der Waals surface area (Å²) < 4.78 is 0. The van der Waals surface area contributed by atoms with Crippen LogP contribution in [0, 0.1) is 6.92 Å². The Morgan fingerprint density at radius 3 is 2.69 bits per heavy atom. The summed E-state index contributed by atoms with van der Waals surface area (Å²) in [6.45, 7) is 4.38. The van der Waals surface area contributed by atoms with E-state index in [-0.39, 0.29) is 12.5 Å². The van der Waals surface area contributed by atoms with E-state index >= 15 is 0 Å². The van der Waals surface area contributed by atoms with Crippen LogP contribution < -0.4 is 11.1 Å². The third-order valence-corrected chi connectivity index (χ3v) is 6.14. The number of hydrogen-bond donors (Lipinski definition) is 2. The lowest BCUT2D eigenvalue weighted by molar-refractivity contribution is 0.0723. The highest BCUT2D eigenvalue weighted by Gasteiger charge is 2.19. The molecule has 0 saturated heterocycles. The molecule has 5 rings (SSSR count). The number of benzene rings is 1. The molecule has 8 heteroatoms. The van der Waals surface area contributed by atoms with Crippen molar-refractivity contribution in [3.63, 3.8) is 0 Å². The van der Waals surface area contributed by atoms with Crippen LogP contribution in [0.2, 0.25) is 0 Å². The van der Waals surface area contributed by atoms with Gasteiger partial charge in [0.2, 0.25) is 0 Å². The first kappa shape index (κ1) is 22.6. The van der Waals surface area contributed by atoms with E-state index in [4.69, 9.17) is 5.73 Å². The Morgan fingerprint density at radius 1 is 1.09 bits per heavy atom. The predicted octanol–water partition coefficient (Wildman–Crippen LogP) is 3.53. The van der Waals surface area contributed by atoms with Crippen LogP contribution in [0.15, 0.2) is 67.1 Å². The molecule has 0 unspecified atom stereocenters. The van der Waals surface area contributed by atoms with Gasteiger partial charge in [-0.15, -0.1) is 0 Å². The maximum absolute atomic E-state index is 13.6. The average Bonchev–Trinajstić information content (AvgIpc) is 2.90. The van der Waals surface area contributed by atoms with E-state index in [9.17, 15) is 4.79 Å². The van der Waals surface area contributed by atoms with Crippen molar-refractivity contribution in [3.8, 4) is 0 Å². The van der Waals surface area contributed by atoms with Crippen LogP contribution in [0.25, 0.3) is 16.5 Å². The van der Waals surface area contributed by atoms with Gasteiger partial charge < -0.3 is 16.0 Å². The largest absolute Gasteiger partial charge is 0.383 e. The first-order valence-electron chi connectivity index (χ1n) is 11.6. The second-order valence-electron chi connectivity index (χ2n) is 8.65. The van der Waals surface area contributed by atoms with Crippen LogP contribution in [0.1, 0.15) is 39.4 Å². The number of nitrogen functional groups attached to an aromatic ring is 1. The first-order valence-corrected chi connectivity index (χ1v) is 11.6. The second kappa shape index (κ2) is 9.99. The number of anilines is 1. The summed E-state index contributed by atoms with van der Waals surface area (Å²) in [5, 5.41) is 4.20. The Hall–Kier alpha value is -4.17. The number of pyridine rings is 2. The van der Waals surface area contributed by atoms with Crippen molar-refractivity contribution in [3.05, 3.63) is 95.3 Å². The Balaban J connectivity index is 1.43. The average molecular weight is 466 g/mol. The van der Waals surface area contributed by atoms with Gasteiger partial charge in [0.25, 0.3) is 5.91 Å². The highest BCUT2D eigenvalue weighted by molar-refractivity contribution is 5.98. The Morgan fingerprint density at radius 2 is 1.94 bits per heavy atom.